The quantitative estimate of drug-likeness (QED) is 0.565. The van der Waals surface area contributed by atoms with Gasteiger partial charge in [-0.3, -0.25) is 0 Å². The highest BCUT2D eigenvalue weighted by Gasteiger charge is 2.22. The van der Waals surface area contributed by atoms with Gasteiger partial charge in [0, 0.05) is 44.1 Å². The molecule has 4 heterocycles. The maximum absolute atomic E-state index is 13.0. The van der Waals surface area contributed by atoms with Crippen LogP contribution in [0.25, 0.3) is 11.0 Å². The molecule has 0 amide bonds. The average molecular weight is 434 g/mol. The van der Waals surface area contributed by atoms with Crippen LogP contribution in [0.1, 0.15) is 12.8 Å². The second kappa shape index (κ2) is 8.62. The van der Waals surface area contributed by atoms with Gasteiger partial charge in [0.25, 0.3) is 0 Å². The van der Waals surface area contributed by atoms with Crippen LogP contribution in [0.4, 0.5) is 10.3 Å². The Morgan fingerprint density at radius 3 is 2.70 bits per heavy atom. The lowest BCUT2D eigenvalue weighted by molar-refractivity contribution is 0.170. The third kappa shape index (κ3) is 5.10. The maximum atomic E-state index is 13.0. The van der Waals surface area contributed by atoms with E-state index in [1.807, 2.05) is 27.8 Å². The minimum absolute atomic E-state index is 0.0574. The molecule has 1 saturated heterocycles. The van der Waals surface area contributed by atoms with Crippen molar-refractivity contribution in [2.75, 3.05) is 30.8 Å². The number of hydrogen-bond acceptors (Lipinski definition) is 7. The lowest BCUT2D eigenvalue weighted by Gasteiger charge is -2.32. The molecule has 3 aromatic rings. The van der Waals surface area contributed by atoms with Gasteiger partial charge < -0.3 is 18.8 Å². The minimum Gasteiger partial charge on any atom is -0.598 e. The fourth-order valence-corrected chi connectivity index (χ4v) is 3.95. The lowest BCUT2D eigenvalue weighted by atomic mass is 10.1. The number of anilines is 1. The predicted octanol–water partition coefficient (Wildman–Crippen LogP) is 1.78. The Labute approximate surface area is 174 Å². The summed E-state index contributed by atoms with van der Waals surface area (Å²) in [4.78, 5) is 14.6. The van der Waals surface area contributed by atoms with Gasteiger partial charge in [0.1, 0.15) is 34.2 Å². The zero-order valence-electron chi connectivity index (χ0n) is 16.5. The molecule has 9 nitrogen and oxygen atoms in total. The Morgan fingerprint density at radius 2 is 2.00 bits per heavy atom. The van der Waals surface area contributed by atoms with Gasteiger partial charge in [-0.2, -0.15) is 0 Å². The van der Waals surface area contributed by atoms with Gasteiger partial charge in [-0.15, -0.1) is 4.72 Å². The molecular weight excluding hydrogens is 411 g/mol. The van der Waals surface area contributed by atoms with Crippen molar-refractivity contribution in [3.63, 3.8) is 0 Å². The second-order valence-corrected chi connectivity index (χ2v) is 9.10. The smallest absolute Gasteiger partial charge is 0.225 e. The van der Waals surface area contributed by atoms with Gasteiger partial charge >= 0.3 is 0 Å². The number of pyridine rings is 1. The first kappa shape index (κ1) is 20.6. The van der Waals surface area contributed by atoms with Crippen LogP contribution in [0.3, 0.4) is 0 Å². The standard InChI is InChI=1S/C19H23FN6O3S/c1-30(27,28)24-5-9-25-6-2-14-10-17(13-21-18(14)25)29-16-3-7-26(8-4-16)19-22-11-15(20)12-23-19/h2,6,10-13,16H,3-5,7-9H2,1H3,(H-,24,27,28). The van der Waals surface area contributed by atoms with Crippen molar-refractivity contribution in [3.8, 4) is 5.75 Å². The third-order valence-electron chi connectivity index (χ3n) is 4.93. The molecule has 0 radical (unpaired) electrons. The SMILES string of the molecule is C[S+](=O)([O-])NCCn1ccc2cc(OC3CCN(c4ncc(F)cn4)CC3)cnc21. The summed E-state index contributed by atoms with van der Waals surface area (Å²) < 4.78 is 45.9. The number of rotatable bonds is 7. The third-order valence-corrected chi connectivity index (χ3v) is 5.66. The molecular formula is C19H23FN6O3S. The van der Waals surface area contributed by atoms with Crippen molar-refractivity contribution in [3.05, 3.63) is 42.7 Å². The molecule has 0 saturated carbocycles. The molecule has 160 valence electrons. The Kier molecular flexibility index (Phi) is 5.93. The first-order chi connectivity index (χ1) is 14.4. The molecule has 0 spiro atoms. The van der Waals surface area contributed by atoms with Crippen LogP contribution < -0.4 is 14.4 Å². The number of nitrogens with zero attached hydrogens (tertiary/aromatic N) is 5. The van der Waals surface area contributed by atoms with Gasteiger partial charge in [-0.1, -0.05) is 4.21 Å². The molecule has 1 atom stereocenters. The van der Waals surface area contributed by atoms with Crippen LogP contribution in [0.2, 0.25) is 0 Å². The number of nitrogens with one attached hydrogen (secondary N) is 1. The number of hydrogen-bond donors (Lipinski definition) is 1. The molecule has 0 aliphatic carbocycles. The summed E-state index contributed by atoms with van der Waals surface area (Å²) in [6.45, 7) is 2.26. The van der Waals surface area contributed by atoms with E-state index in [0.717, 1.165) is 43.2 Å². The number of sulfonamides is 1. The number of ether oxygens (including phenoxy) is 1. The molecule has 1 N–H and O–H groups in total. The van der Waals surface area contributed by atoms with Crippen molar-refractivity contribution in [1.82, 2.24) is 24.2 Å². The normalized spacial score (nSPS) is 17.2. The Balaban J connectivity index is 1.33. The molecule has 1 aliphatic rings. The lowest BCUT2D eigenvalue weighted by Crippen LogP contribution is -2.39. The Bertz CT molecular complexity index is 1050. The van der Waals surface area contributed by atoms with Crippen LogP contribution in [0, 0.1) is 5.82 Å². The van der Waals surface area contributed by atoms with E-state index < -0.39 is 16.2 Å². The van der Waals surface area contributed by atoms with Crippen LogP contribution in [0.5, 0.6) is 5.75 Å². The van der Waals surface area contributed by atoms with Crippen LogP contribution in [-0.4, -0.2) is 56.1 Å². The second-order valence-electron chi connectivity index (χ2n) is 7.27. The van der Waals surface area contributed by atoms with E-state index in [1.54, 1.807) is 6.20 Å². The fraction of sp³-hybridized carbons (Fsp3) is 0.421. The first-order valence-electron chi connectivity index (χ1n) is 9.66. The number of halogens is 1. The van der Waals surface area contributed by atoms with Gasteiger partial charge in [0.15, 0.2) is 5.82 Å². The summed E-state index contributed by atoms with van der Waals surface area (Å²) in [5.74, 6) is 0.788. The van der Waals surface area contributed by atoms with Gasteiger partial charge in [-0.05, 0) is 12.1 Å². The zero-order valence-corrected chi connectivity index (χ0v) is 17.3. The minimum atomic E-state index is -3.21. The van der Waals surface area contributed by atoms with E-state index >= 15 is 0 Å². The topological polar surface area (TPSA) is 108 Å². The van der Waals surface area contributed by atoms with Crippen LogP contribution in [-0.2, 0) is 21.2 Å². The van der Waals surface area contributed by atoms with Crippen molar-refractivity contribution < 1.29 is 17.9 Å². The highest BCUT2D eigenvalue weighted by Crippen LogP contribution is 2.24. The van der Waals surface area contributed by atoms with Crippen molar-refractivity contribution in [2.45, 2.75) is 25.5 Å². The number of fused-ring (bicyclic) bond motifs is 1. The van der Waals surface area contributed by atoms with Crippen molar-refractivity contribution >= 4 is 27.4 Å². The maximum Gasteiger partial charge on any atom is 0.225 e. The molecule has 4 rings (SSSR count). The van der Waals surface area contributed by atoms with E-state index in [0.29, 0.717) is 24.8 Å². The molecule has 11 heteroatoms. The highest BCUT2D eigenvalue weighted by atomic mass is 32.3. The average Bonchev–Trinajstić information content (AvgIpc) is 3.11. The van der Waals surface area contributed by atoms with Crippen molar-refractivity contribution in [2.24, 2.45) is 0 Å². The monoisotopic (exact) mass is 434 g/mol. The fourth-order valence-electron chi connectivity index (χ4n) is 3.49. The summed E-state index contributed by atoms with van der Waals surface area (Å²) in [5.41, 5.74) is 0.779. The van der Waals surface area contributed by atoms with E-state index in [1.165, 1.54) is 12.4 Å². The number of piperidine rings is 1. The van der Waals surface area contributed by atoms with Gasteiger partial charge in [0.05, 0.1) is 25.1 Å². The van der Waals surface area contributed by atoms with E-state index in [-0.39, 0.29) is 6.10 Å². The molecule has 0 aromatic carbocycles. The molecule has 3 aromatic heterocycles. The molecule has 1 fully saturated rings. The molecule has 0 bridgehead atoms. The summed E-state index contributed by atoms with van der Waals surface area (Å²) in [6.07, 6.45) is 8.73. The molecule has 1 unspecified atom stereocenters. The Hall–Kier alpha value is -2.63. The largest absolute Gasteiger partial charge is 0.598 e. The first-order valence-corrected chi connectivity index (χ1v) is 11.6. The number of aromatic nitrogens is 4. The van der Waals surface area contributed by atoms with Crippen LogP contribution in [0.15, 0.2) is 36.9 Å². The van der Waals surface area contributed by atoms with E-state index in [9.17, 15) is 13.2 Å². The van der Waals surface area contributed by atoms with Crippen molar-refractivity contribution in [1.29, 1.82) is 0 Å². The summed E-state index contributed by atoms with van der Waals surface area (Å²) in [5, 5.41) is 0.934. The van der Waals surface area contributed by atoms with E-state index in [2.05, 4.69) is 19.7 Å². The van der Waals surface area contributed by atoms with E-state index in [4.69, 9.17) is 4.74 Å². The highest BCUT2D eigenvalue weighted by molar-refractivity contribution is 7.95. The summed E-state index contributed by atoms with van der Waals surface area (Å²) in [7, 11) is -3.21. The Morgan fingerprint density at radius 1 is 1.27 bits per heavy atom. The zero-order chi connectivity index (χ0) is 21.1. The van der Waals surface area contributed by atoms with Gasteiger partial charge in [0.2, 0.25) is 5.95 Å². The summed E-state index contributed by atoms with van der Waals surface area (Å²) >= 11 is 0. The molecule has 1 aliphatic heterocycles. The van der Waals surface area contributed by atoms with Gasteiger partial charge in [-0.25, -0.2) is 19.3 Å². The predicted molar refractivity (Wildman–Crippen MR) is 110 cm³/mol. The molecule has 30 heavy (non-hydrogen) atoms. The summed E-state index contributed by atoms with van der Waals surface area (Å²) in [6, 6.07) is 3.88. The van der Waals surface area contributed by atoms with Crippen LogP contribution >= 0.6 is 0 Å².